The van der Waals surface area contributed by atoms with Crippen molar-refractivity contribution in [2.75, 3.05) is 13.1 Å². The zero-order valence-electron chi connectivity index (χ0n) is 16.1. The lowest BCUT2D eigenvalue weighted by molar-refractivity contribution is -0.234. The van der Waals surface area contributed by atoms with Crippen molar-refractivity contribution in [3.05, 3.63) is 54.6 Å². The maximum absolute atomic E-state index is 13.1. The third kappa shape index (κ3) is 5.31. The minimum Gasteiger partial charge on any atom is -0.457 e. The molecule has 1 saturated heterocycles. The number of hydroxylamine groups is 2. The standard InChI is InChI=1S/C21H27NO4S/c1-21(2,3)26-22-14-12-19(13-15-22)27(23,24)20-11-7-10-18(16-20)25-17-8-5-4-6-9-17/h4-11,16,19H,12-15H2,1-3H3. The lowest BCUT2D eigenvalue weighted by atomic mass is 10.1. The zero-order valence-corrected chi connectivity index (χ0v) is 16.9. The normalized spacial score (nSPS) is 17.0. The highest BCUT2D eigenvalue weighted by atomic mass is 32.2. The van der Waals surface area contributed by atoms with Gasteiger partial charge >= 0.3 is 0 Å². The molecule has 146 valence electrons. The van der Waals surface area contributed by atoms with Gasteiger partial charge in [-0.25, -0.2) is 8.42 Å². The average Bonchev–Trinajstić information content (AvgIpc) is 2.62. The van der Waals surface area contributed by atoms with Gasteiger partial charge in [0.1, 0.15) is 11.5 Å². The Balaban J connectivity index is 1.69. The van der Waals surface area contributed by atoms with E-state index in [1.807, 2.05) is 56.2 Å². The summed E-state index contributed by atoms with van der Waals surface area (Å²) in [5, 5.41) is 1.48. The maximum Gasteiger partial charge on any atom is 0.181 e. The van der Waals surface area contributed by atoms with Gasteiger partial charge in [0.15, 0.2) is 9.84 Å². The minimum atomic E-state index is -3.41. The SMILES string of the molecule is CC(C)(C)ON1CCC(S(=O)(=O)c2cccc(Oc3ccccc3)c2)CC1. The van der Waals surface area contributed by atoms with Crippen molar-refractivity contribution >= 4 is 9.84 Å². The Hall–Kier alpha value is -1.89. The van der Waals surface area contributed by atoms with Gasteiger partial charge in [0.05, 0.1) is 15.7 Å². The van der Waals surface area contributed by atoms with Gasteiger partial charge in [0.25, 0.3) is 0 Å². The van der Waals surface area contributed by atoms with E-state index in [1.54, 1.807) is 24.3 Å². The predicted octanol–water partition coefficient (Wildman–Crippen LogP) is 4.45. The van der Waals surface area contributed by atoms with E-state index in [0.717, 1.165) is 0 Å². The van der Waals surface area contributed by atoms with Gasteiger partial charge in [0, 0.05) is 13.1 Å². The fourth-order valence-electron chi connectivity index (χ4n) is 3.15. The average molecular weight is 390 g/mol. The molecule has 1 heterocycles. The number of hydrogen-bond acceptors (Lipinski definition) is 5. The van der Waals surface area contributed by atoms with Crippen LogP contribution in [0.5, 0.6) is 11.5 Å². The number of rotatable bonds is 5. The van der Waals surface area contributed by atoms with Crippen LogP contribution in [0.3, 0.4) is 0 Å². The van der Waals surface area contributed by atoms with E-state index >= 15 is 0 Å². The number of para-hydroxylation sites is 1. The maximum atomic E-state index is 13.1. The molecule has 1 fully saturated rings. The van der Waals surface area contributed by atoms with E-state index in [9.17, 15) is 8.42 Å². The molecule has 0 aromatic heterocycles. The van der Waals surface area contributed by atoms with E-state index in [4.69, 9.17) is 9.57 Å². The molecule has 5 nitrogen and oxygen atoms in total. The molecule has 27 heavy (non-hydrogen) atoms. The first-order valence-electron chi connectivity index (χ1n) is 9.25. The van der Waals surface area contributed by atoms with Crippen LogP contribution in [0.1, 0.15) is 33.6 Å². The molecule has 0 amide bonds. The van der Waals surface area contributed by atoms with Gasteiger partial charge in [0.2, 0.25) is 0 Å². The Morgan fingerprint density at radius 1 is 0.926 bits per heavy atom. The fourth-order valence-corrected chi connectivity index (χ4v) is 4.92. The quantitative estimate of drug-likeness (QED) is 0.756. The Bertz CT molecular complexity index is 851. The van der Waals surface area contributed by atoms with Crippen LogP contribution < -0.4 is 4.74 Å². The molecule has 1 aliphatic heterocycles. The first-order valence-corrected chi connectivity index (χ1v) is 10.8. The van der Waals surface area contributed by atoms with Gasteiger partial charge in [-0.1, -0.05) is 24.3 Å². The highest BCUT2D eigenvalue weighted by Gasteiger charge is 2.33. The van der Waals surface area contributed by atoms with Crippen LogP contribution in [0.15, 0.2) is 59.5 Å². The molecular weight excluding hydrogens is 362 g/mol. The third-order valence-corrected chi connectivity index (χ3v) is 6.62. The second kappa shape index (κ2) is 8.00. The number of sulfone groups is 1. The van der Waals surface area contributed by atoms with Crippen molar-refractivity contribution < 1.29 is 18.0 Å². The van der Waals surface area contributed by atoms with E-state index in [0.29, 0.717) is 42.3 Å². The van der Waals surface area contributed by atoms with Crippen LogP contribution in [-0.2, 0) is 14.7 Å². The lowest BCUT2D eigenvalue weighted by Crippen LogP contribution is -2.42. The molecule has 0 N–H and O–H groups in total. The first kappa shape index (κ1) is 19.9. The summed E-state index contributed by atoms with van der Waals surface area (Å²) in [4.78, 5) is 6.16. The Labute approximate surface area is 161 Å². The molecule has 0 unspecified atom stereocenters. The molecule has 3 rings (SSSR count). The summed E-state index contributed by atoms with van der Waals surface area (Å²) in [6.07, 6.45) is 1.12. The lowest BCUT2D eigenvalue weighted by Gasteiger charge is -2.35. The van der Waals surface area contributed by atoms with Gasteiger partial charge in [-0.05, 0) is 63.9 Å². The predicted molar refractivity (Wildman–Crippen MR) is 106 cm³/mol. The molecule has 0 bridgehead atoms. The molecular formula is C21H27NO4S. The van der Waals surface area contributed by atoms with Crippen LogP contribution >= 0.6 is 0 Å². The van der Waals surface area contributed by atoms with E-state index in [2.05, 4.69) is 0 Å². The van der Waals surface area contributed by atoms with Crippen molar-refractivity contribution in [2.45, 2.75) is 49.4 Å². The second-order valence-electron chi connectivity index (χ2n) is 7.77. The molecule has 0 saturated carbocycles. The Kier molecular flexibility index (Phi) is 5.89. The summed E-state index contributed by atoms with van der Waals surface area (Å²) in [5.74, 6) is 1.20. The summed E-state index contributed by atoms with van der Waals surface area (Å²) < 4.78 is 31.9. The summed E-state index contributed by atoms with van der Waals surface area (Å²) >= 11 is 0. The van der Waals surface area contributed by atoms with Crippen LogP contribution in [0.25, 0.3) is 0 Å². The van der Waals surface area contributed by atoms with Crippen molar-refractivity contribution in [3.8, 4) is 11.5 Å². The van der Waals surface area contributed by atoms with E-state index in [1.165, 1.54) is 0 Å². The second-order valence-corrected chi connectivity index (χ2v) is 10.00. The number of benzene rings is 2. The Morgan fingerprint density at radius 3 is 2.19 bits per heavy atom. The molecule has 2 aromatic carbocycles. The summed E-state index contributed by atoms with van der Waals surface area (Å²) in [6, 6.07) is 16.1. The van der Waals surface area contributed by atoms with Gasteiger partial charge in [-0.2, -0.15) is 5.06 Å². The van der Waals surface area contributed by atoms with Crippen molar-refractivity contribution in [2.24, 2.45) is 0 Å². The molecule has 1 aliphatic rings. The fraction of sp³-hybridized carbons (Fsp3) is 0.429. The summed E-state index contributed by atoms with van der Waals surface area (Å²) in [7, 11) is -3.41. The van der Waals surface area contributed by atoms with E-state index < -0.39 is 15.1 Å². The van der Waals surface area contributed by atoms with E-state index in [-0.39, 0.29) is 5.60 Å². The Morgan fingerprint density at radius 2 is 1.56 bits per heavy atom. The first-order chi connectivity index (χ1) is 12.7. The van der Waals surface area contributed by atoms with Crippen LogP contribution in [0.2, 0.25) is 0 Å². The van der Waals surface area contributed by atoms with Crippen LogP contribution in [0, 0.1) is 0 Å². The van der Waals surface area contributed by atoms with Gasteiger partial charge in [-0.15, -0.1) is 0 Å². The highest BCUT2D eigenvalue weighted by Crippen LogP contribution is 2.29. The highest BCUT2D eigenvalue weighted by molar-refractivity contribution is 7.92. The largest absolute Gasteiger partial charge is 0.457 e. The molecule has 0 radical (unpaired) electrons. The van der Waals surface area contributed by atoms with Crippen LogP contribution in [-0.4, -0.2) is 37.4 Å². The molecule has 0 spiro atoms. The molecule has 0 aliphatic carbocycles. The number of nitrogens with zero attached hydrogens (tertiary/aromatic N) is 1. The van der Waals surface area contributed by atoms with Crippen LogP contribution in [0.4, 0.5) is 0 Å². The molecule has 0 atom stereocenters. The third-order valence-electron chi connectivity index (χ3n) is 4.36. The number of hydrogen-bond donors (Lipinski definition) is 0. The minimum absolute atomic E-state index is 0.269. The monoisotopic (exact) mass is 389 g/mol. The van der Waals surface area contributed by atoms with Gasteiger partial charge < -0.3 is 4.74 Å². The number of piperidine rings is 1. The molecule has 2 aromatic rings. The zero-order chi connectivity index (χ0) is 19.5. The summed E-state index contributed by atoms with van der Waals surface area (Å²) in [6.45, 7) is 7.21. The van der Waals surface area contributed by atoms with Crippen molar-refractivity contribution in [1.82, 2.24) is 5.06 Å². The summed E-state index contributed by atoms with van der Waals surface area (Å²) in [5.41, 5.74) is -0.269. The smallest absolute Gasteiger partial charge is 0.181 e. The molecule has 6 heteroatoms. The topological polar surface area (TPSA) is 55.8 Å². The van der Waals surface area contributed by atoms with Gasteiger partial charge in [-0.3, -0.25) is 4.84 Å². The number of ether oxygens (including phenoxy) is 1. The van der Waals surface area contributed by atoms with Crippen molar-refractivity contribution in [3.63, 3.8) is 0 Å². The van der Waals surface area contributed by atoms with Crippen molar-refractivity contribution in [1.29, 1.82) is 0 Å².